The van der Waals surface area contributed by atoms with E-state index < -0.39 is 5.41 Å². The van der Waals surface area contributed by atoms with Crippen LogP contribution in [0.4, 0.5) is 5.69 Å². The summed E-state index contributed by atoms with van der Waals surface area (Å²) in [6.45, 7) is 9.90. The molecule has 5 nitrogen and oxygen atoms in total. The second-order valence-electron chi connectivity index (χ2n) is 8.12. The van der Waals surface area contributed by atoms with E-state index >= 15 is 0 Å². The van der Waals surface area contributed by atoms with Gasteiger partial charge in [0.2, 0.25) is 5.91 Å². The minimum Gasteiger partial charge on any atom is -0.332 e. The molecule has 0 aliphatic heterocycles. The van der Waals surface area contributed by atoms with E-state index in [2.05, 4.69) is 11.4 Å². The first-order valence-corrected chi connectivity index (χ1v) is 9.33. The minimum absolute atomic E-state index is 0.00374. The standard InChI is InChI=1S/C23H27N3O2/c1-16(2)26(15-18-11-9-17(14-24)10-12-18)21(27)19-7-6-8-20(13-19)25-22(28)23(3,4)5/h6-13,16H,15H2,1-5H3,(H,25,28). The van der Waals surface area contributed by atoms with Crippen molar-refractivity contribution in [3.8, 4) is 6.07 Å². The van der Waals surface area contributed by atoms with Crippen molar-refractivity contribution in [3.63, 3.8) is 0 Å². The largest absolute Gasteiger partial charge is 0.332 e. The number of benzene rings is 2. The molecule has 0 aliphatic rings. The highest BCUT2D eigenvalue weighted by atomic mass is 16.2. The zero-order chi connectivity index (χ0) is 20.9. The normalized spacial score (nSPS) is 11.0. The van der Waals surface area contributed by atoms with E-state index in [0.29, 0.717) is 23.4 Å². The van der Waals surface area contributed by atoms with E-state index in [1.54, 1.807) is 41.3 Å². The maximum Gasteiger partial charge on any atom is 0.254 e. The van der Waals surface area contributed by atoms with Gasteiger partial charge in [0.15, 0.2) is 0 Å². The highest BCUT2D eigenvalue weighted by Gasteiger charge is 2.23. The van der Waals surface area contributed by atoms with Crippen molar-refractivity contribution in [2.45, 2.75) is 47.2 Å². The number of carbonyl (C=O) groups is 2. The number of nitrogens with one attached hydrogen (secondary N) is 1. The van der Waals surface area contributed by atoms with Crippen molar-refractivity contribution >= 4 is 17.5 Å². The molecule has 0 aromatic heterocycles. The summed E-state index contributed by atoms with van der Waals surface area (Å²) in [7, 11) is 0. The van der Waals surface area contributed by atoms with Crippen LogP contribution in [-0.2, 0) is 11.3 Å². The fourth-order valence-electron chi connectivity index (χ4n) is 2.58. The Morgan fingerprint density at radius 2 is 1.75 bits per heavy atom. The smallest absolute Gasteiger partial charge is 0.254 e. The van der Waals surface area contributed by atoms with Crippen LogP contribution in [-0.4, -0.2) is 22.8 Å². The van der Waals surface area contributed by atoms with Crippen LogP contribution in [0.5, 0.6) is 0 Å². The Labute approximate surface area is 167 Å². The summed E-state index contributed by atoms with van der Waals surface area (Å²) in [6.07, 6.45) is 0. The maximum absolute atomic E-state index is 13.1. The lowest BCUT2D eigenvalue weighted by molar-refractivity contribution is -0.123. The summed E-state index contributed by atoms with van der Waals surface area (Å²) in [4.78, 5) is 27.1. The van der Waals surface area contributed by atoms with Gasteiger partial charge < -0.3 is 10.2 Å². The van der Waals surface area contributed by atoms with Gasteiger partial charge in [-0.3, -0.25) is 9.59 Å². The molecular weight excluding hydrogens is 350 g/mol. The molecule has 0 saturated carbocycles. The molecule has 2 aromatic rings. The van der Waals surface area contributed by atoms with Crippen LogP contribution in [0.1, 0.15) is 56.1 Å². The van der Waals surface area contributed by atoms with Crippen molar-refractivity contribution in [2.24, 2.45) is 5.41 Å². The highest BCUT2D eigenvalue weighted by Crippen LogP contribution is 2.20. The van der Waals surface area contributed by atoms with Crippen LogP contribution in [0.2, 0.25) is 0 Å². The van der Waals surface area contributed by atoms with Gasteiger partial charge in [-0.25, -0.2) is 0 Å². The molecule has 1 N–H and O–H groups in total. The number of nitrogens with zero attached hydrogens (tertiary/aromatic N) is 2. The summed E-state index contributed by atoms with van der Waals surface area (Å²) < 4.78 is 0. The fourth-order valence-corrected chi connectivity index (χ4v) is 2.58. The molecule has 0 radical (unpaired) electrons. The molecule has 0 bridgehead atoms. The molecule has 28 heavy (non-hydrogen) atoms. The average molecular weight is 377 g/mol. The van der Waals surface area contributed by atoms with Gasteiger partial charge in [0, 0.05) is 29.3 Å². The summed E-state index contributed by atoms with van der Waals surface area (Å²) in [6, 6.07) is 16.3. The average Bonchev–Trinajstić information content (AvgIpc) is 2.65. The Balaban J connectivity index is 2.21. The van der Waals surface area contributed by atoms with Crippen molar-refractivity contribution in [2.75, 3.05) is 5.32 Å². The Morgan fingerprint density at radius 3 is 2.29 bits per heavy atom. The van der Waals surface area contributed by atoms with Crippen molar-refractivity contribution in [1.29, 1.82) is 5.26 Å². The van der Waals surface area contributed by atoms with Crippen LogP contribution < -0.4 is 5.32 Å². The third kappa shape index (κ3) is 5.43. The summed E-state index contributed by atoms with van der Waals surface area (Å²) in [5, 5.41) is 11.8. The first kappa shape index (κ1) is 21.2. The zero-order valence-electron chi connectivity index (χ0n) is 17.1. The molecule has 2 rings (SSSR count). The van der Waals surface area contributed by atoms with E-state index in [1.165, 1.54) is 0 Å². The third-order valence-electron chi connectivity index (χ3n) is 4.37. The number of hydrogen-bond donors (Lipinski definition) is 1. The van der Waals surface area contributed by atoms with Crippen LogP contribution >= 0.6 is 0 Å². The second-order valence-corrected chi connectivity index (χ2v) is 8.12. The summed E-state index contributed by atoms with van der Waals surface area (Å²) in [5.41, 5.74) is 2.16. The molecule has 0 saturated heterocycles. The van der Waals surface area contributed by atoms with E-state index in [4.69, 9.17) is 5.26 Å². The van der Waals surface area contributed by atoms with Gasteiger partial charge in [-0.1, -0.05) is 39.0 Å². The lowest BCUT2D eigenvalue weighted by Crippen LogP contribution is -2.36. The topological polar surface area (TPSA) is 73.2 Å². The summed E-state index contributed by atoms with van der Waals surface area (Å²) in [5.74, 6) is -0.207. The first-order chi connectivity index (χ1) is 13.1. The Morgan fingerprint density at radius 1 is 1.11 bits per heavy atom. The molecule has 0 heterocycles. The number of rotatable bonds is 5. The number of carbonyl (C=O) groups excluding carboxylic acids is 2. The quantitative estimate of drug-likeness (QED) is 0.828. The number of amides is 2. The predicted octanol–water partition coefficient (Wildman–Crippen LogP) is 4.59. The molecular formula is C23H27N3O2. The second kappa shape index (κ2) is 8.71. The van der Waals surface area contributed by atoms with Gasteiger partial charge in [0.1, 0.15) is 0 Å². The molecule has 2 amide bonds. The van der Waals surface area contributed by atoms with E-state index in [-0.39, 0.29) is 17.9 Å². The van der Waals surface area contributed by atoms with Gasteiger partial charge in [-0.05, 0) is 49.7 Å². The lowest BCUT2D eigenvalue weighted by atomic mass is 9.95. The van der Waals surface area contributed by atoms with E-state index in [9.17, 15) is 9.59 Å². The third-order valence-corrected chi connectivity index (χ3v) is 4.37. The SMILES string of the molecule is CC(C)N(Cc1ccc(C#N)cc1)C(=O)c1cccc(NC(=O)C(C)(C)C)c1. The van der Waals surface area contributed by atoms with Gasteiger partial charge in [0.05, 0.1) is 11.6 Å². The van der Waals surface area contributed by atoms with Gasteiger partial charge in [0.25, 0.3) is 5.91 Å². The molecule has 0 spiro atoms. The van der Waals surface area contributed by atoms with E-state index in [1.807, 2.05) is 46.8 Å². The monoisotopic (exact) mass is 377 g/mol. The lowest BCUT2D eigenvalue weighted by Gasteiger charge is -2.27. The van der Waals surface area contributed by atoms with Crippen molar-refractivity contribution in [3.05, 3.63) is 65.2 Å². The van der Waals surface area contributed by atoms with Gasteiger partial charge >= 0.3 is 0 Å². The maximum atomic E-state index is 13.1. The van der Waals surface area contributed by atoms with Crippen LogP contribution in [0, 0.1) is 16.7 Å². The molecule has 0 aliphatic carbocycles. The van der Waals surface area contributed by atoms with Crippen LogP contribution in [0.25, 0.3) is 0 Å². The first-order valence-electron chi connectivity index (χ1n) is 9.33. The molecule has 0 atom stereocenters. The van der Waals surface area contributed by atoms with Crippen LogP contribution in [0.15, 0.2) is 48.5 Å². The highest BCUT2D eigenvalue weighted by molar-refractivity contribution is 5.98. The molecule has 0 fully saturated rings. The minimum atomic E-state index is -0.514. The summed E-state index contributed by atoms with van der Waals surface area (Å²) >= 11 is 0. The van der Waals surface area contributed by atoms with Crippen molar-refractivity contribution < 1.29 is 9.59 Å². The Bertz CT molecular complexity index is 887. The Kier molecular flexibility index (Phi) is 6.58. The predicted molar refractivity (Wildman–Crippen MR) is 111 cm³/mol. The Hall–Kier alpha value is -3.13. The molecule has 146 valence electrons. The molecule has 5 heteroatoms. The zero-order valence-corrected chi connectivity index (χ0v) is 17.1. The fraction of sp³-hybridized carbons (Fsp3) is 0.348. The molecule has 2 aromatic carbocycles. The van der Waals surface area contributed by atoms with Gasteiger partial charge in [-0.2, -0.15) is 5.26 Å². The number of nitriles is 1. The van der Waals surface area contributed by atoms with E-state index in [0.717, 1.165) is 5.56 Å². The van der Waals surface area contributed by atoms with Gasteiger partial charge in [-0.15, -0.1) is 0 Å². The number of hydrogen-bond acceptors (Lipinski definition) is 3. The molecule has 0 unspecified atom stereocenters. The van der Waals surface area contributed by atoms with Crippen molar-refractivity contribution in [1.82, 2.24) is 4.90 Å². The van der Waals surface area contributed by atoms with Crippen LogP contribution in [0.3, 0.4) is 0 Å². The number of anilines is 1.